The Hall–Kier alpha value is -1.28. The molecule has 0 radical (unpaired) electrons. The summed E-state index contributed by atoms with van der Waals surface area (Å²) >= 11 is 1.38. The van der Waals surface area contributed by atoms with Crippen molar-refractivity contribution in [2.24, 2.45) is 5.73 Å². The van der Waals surface area contributed by atoms with Gasteiger partial charge in [0.1, 0.15) is 12.2 Å². The van der Waals surface area contributed by atoms with E-state index in [1.165, 1.54) is 11.8 Å². The highest BCUT2D eigenvalue weighted by Gasteiger charge is 2.28. The van der Waals surface area contributed by atoms with Crippen molar-refractivity contribution >= 4 is 17.9 Å². The van der Waals surface area contributed by atoms with E-state index < -0.39 is 6.09 Å². The van der Waals surface area contributed by atoms with Crippen molar-refractivity contribution in [2.75, 3.05) is 12.9 Å². The van der Waals surface area contributed by atoms with Gasteiger partial charge in [0.2, 0.25) is 5.89 Å². The quantitative estimate of drug-likeness (QED) is 0.811. The maximum absolute atomic E-state index is 10.6. The first kappa shape index (κ1) is 12.2. The predicted molar refractivity (Wildman–Crippen MR) is 58.5 cm³/mol. The van der Waals surface area contributed by atoms with Crippen molar-refractivity contribution in [1.29, 1.82) is 0 Å². The summed E-state index contributed by atoms with van der Waals surface area (Å²) in [6.45, 7) is 0.296. The monoisotopic (exact) mass is 259 g/mol. The molecule has 0 aromatic carbocycles. The number of thioether (sulfide) groups is 1. The van der Waals surface area contributed by atoms with Gasteiger partial charge >= 0.3 is 6.09 Å². The Bertz CT molecular complexity index is 389. The van der Waals surface area contributed by atoms with Crippen molar-refractivity contribution in [2.45, 2.75) is 30.3 Å². The summed E-state index contributed by atoms with van der Waals surface area (Å²) in [6, 6.07) is 0. The summed E-state index contributed by atoms with van der Waals surface area (Å²) in [6.07, 6.45) is 1.90. The van der Waals surface area contributed by atoms with Gasteiger partial charge in [0, 0.05) is 0 Å². The molecule has 1 aliphatic heterocycles. The Morgan fingerprint density at radius 1 is 1.53 bits per heavy atom. The average Bonchev–Trinajstić information content (AvgIpc) is 2.78. The average molecular weight is 259 g/mol. The van der Waals surface area contributed by atoms with Gasteiger partial charge in [0.25, 0.3) is 5.22 Å². The van der Waals surface area contributed by atoms with Crippen LogP contribution in [0, 0.1) is 0 Å². The van der Waals surface area contributed by atoms with Gasteiger partial charge in [-0.15, -0.1) is 10.2 Å². The van der Waals surface area contributed by atoms with E-state index >= 15 is 0 Å². The molecule has 1 aromatic rings. The molecule has 17 heavy (non-hydrogen) atoms. The van der Waals surface area contributed by atoms with Crippen molar-refractivity contribution in [3.63, 3.8) is 0 Å². The number of aromatic nitrogens is 2. The van der Waals surface area contributed by atoms with Crippen molar-refractivity contribution in [3.8, 4) is 0 Å². The lowest BCUT2D eigenvalue weighted by Gasteiger charge is -2.26. The summed E-state index contributed by atoms with van der Waals surface area (Å²) in [5, 5.41) is 8.25. The number of nitrogens with zero attached hydrogens (tertiary/aromatic N) is 2. The zero-order chi connectivity index (χ0) is 12.3. The zero-order valence-corrected chi connectivity index (χ0v) is 10.1. The number of hydrogen-bond acceptors (Lipinski definition) is 7. The Balaban J connectivity index is 1.88. The summed E-state index contributed by atoms with van der Waals surface area (Å²) in [5.74, 6) is 0.465. The highest BCUT2D eigenvalue weighted by molar-refractivity contribution is 7.98. The Morgan fingerprint density at radius 2 is 2.35 bits per heavy atom. The SMILES string of the molecule is CSc1nnc([C@@H]2CC[C@@H](OC(N)=O)CO2)o1. The molecule has 2 N–H and O–H groups in total. The molecule has 1 saturated heterocycles. The van der Waals surface area contributed by atoms with Crippen molar-refractivity contribution in [3.05, 3.63) is 5.89 Å². The third-order valence-corrected chi connectivity index (χ3v) is 2.90. The van der Waals surface area contributed by atoms with Crippen LogP contribution in [0.5, 0.6) is 0 Å². The van der Waals surface area contributed by atoms with E-state index in [2.05, 4.69) is 10.2 Å². The fraction of sp³-hybridized carbons (Fsp3) is 0.667. The Kier molecular flexibility index (Phi) is 3.85. The molecule has 2 rings (SSSR count). The van der Waals surface area contributed by atoms with Crippen LogP contribution in [0.3, 0.4) is 0 Å². The fourth-order valence-corrected chi connectivity index (χ4v) is 1.90. The lowest BCUT2D eigenvalue weighted by atomic mass is 10.1. The van der Waals surface area contributed by atoms with E-state index in [0.29, 0.717) is 30.6 Å². The third-order valence-electron chi connectivity index (χ3n) is 2.39. The smallest absolute Gasteiger partial charge is 0.404 e. The molecule has 8 heteroatoms. The first-order valence-electron chi connectivity index (χ1n) is 5.14. The summed E-state index contributed by atoms with van der Waals surface area (Å²) in [7, 11) is 0. The van der Waals surface area contributed by atoms with Crippen LogP contribution in [0.1, 0.15) is 24.8 Å². The second kappa shape index (κ2) is 5.37. The van der Waals surface area contributed by atoms with Gasteiger partial charge in [0.05, 0.1) is 6.61 Å². The molecule has 2 atom stereocenters. The molecule has 1 aromatic heterocycles. The maximum Gasteiger partial charge on any atom is 0.404 e. The van der Waals surface area contributed by atoms with Crippen LogP contribution in [-0.4, -0.2) is 35.3 Å². The number of carbonyl (C=O) groups excluding carboxylic acids is 1. The van der Waals surface area contributed by atoms with Gasteiger partial charge in [-0.05, 0) is 19.1 Å². The van der Waals surface area contributed by atoms with Crippen LogP contribution in [0.15, 0.2) is 9.64 Å². The summed E-state index contributed by atoms with van der Waals surface area (Å²) in [4.78, 5) is 10.6. The van der Waals surface area contributed by atoms with Crippen molar-refractivity contribution < 1.29 is 18.7 Å². The molecule has 7 nitrogen and oxygen atoms in total. The molecule has 1 amide bonds. The minimum atomic E-state index is -0.778. The third kappa shape index (κ3) is 3.10. The molecule has 0 saturated carbocycles. The van der Waals surface area contributed by atoms with Gasteiger partial charge in [-0.3, -0.25) is 0 Å². The second-order valence-electron chi connectivity index (χ2n) is 3.57. The van der Waals surface area contributed by atoms with E-state index in [1.807, 2.05) is 6.26 Å². The molecule has 2 heterocycles. The molecule has 0 aliphatic carbocycles. The number of amides is 1. The van der Waals surface area contributed by atoms with Crippen LogP contribution >= 0.6 is 11.8 Å². The molecular weight excluding hydrogens is 246 g/mol. The molecule has 1 aliphatic rings. The molecule has 94 valence electrons. The zero-order valence-electron chi connectivity index (χ0n) is 9.29. The standard InChI is InChI=1S/C9H13N3O4S/c1-17-9-12-11-7(16-9)6-3-2-5(4-14-6)15-8(10)13/h5-6H,2-4H2,1H3,(H2,10,13)/t5-,6+/m1/s1. The number of carbonyl (C=O) groups is 1. The molecule has 0 unspecified atom stereocenters. The second-order valence-corrected chi connectivity index (χ2v) is 4.33. The number of nitrogens with two attached hydrogens (primary N) is 1. The fourth-order valence-electron chi connectivity index (χ4n) is 1.61. The van der Waals surface area contributed by atoms with Crippen LogP contribution in [0.4, 0.5) is 4.79 Å². The van der Waals surface area contributed by atoms with Crippen LogP contribution in [0.25, 0.3) is 0 Å². The van der Waals surface area contributed by atoms with E-state index in [9.17, 15) is 4.79 Å². The lowest BCUT2D eigenvalue weighted by Crippen LogP contribution is -2.31. The van der Waals surface area contributed by atoms with E-state index in [1.54, 1.807) is 0 Å². The maximum atomic E-state index is 10.6. The highest BCUT2D eigenvalue weighted by Crippen LogP contribution is 2.29. The van der Waals surface area contributed by atoms with Gasteiger partial charge in [0.15, 0.2) is 0 Å². The van der Waals surface area contributed by atoms with Gasteiger partial charge in [-0.2, -0.15) is 0 Å². The molecular formula is C9H13N3O4S. The van der Waals surface area contributed by atoms with Crippen molar-refractivity contribution in [1.82, 2.24) is 10.2 Å². The molecule has 0 bridgehead atoms. The van der Waals surface area contributed by atoms with E-state index in [4.69, 9.17) is 19.6 Å². The molecule has 1 fully saturated rings. The number of hydrogen-bond donors (Lipinski definition) is 1. The first-order valence-corrected chi connectivity index (χ1v) is 6.36. The minimum absolute atomic E-state index is 0.226. The largest absolute Gasteiger partial charge is 0.444 e. The van der Waals surface area contributed by atoms with Crippen LogP contribution < -0.4 is 5.73 Å². The number of rotatable bonds is 3. The van der Waals surface area contributed by atoms with Crippen LogP contribution in [-0.2, 0) is 9.47 Å². The first-order chi connectivity index (χ1) is 8.19. The van der Waals surface area contributed by atoms with Gasteiger partial charge < -0.3 is 19.6 Å². The van der Waals surface area contributed by atoms with E-state index in [-0.39, 0.29) is 12.2 Å². The Labute approximate surface area is 102 Å². The highest BCUT2D eigenvalue weighted by atomic mass is 32.2. The summed E-state index contributed by atoms with van der Waals surface area (Å²) < 4.78 is 15.7. The van der Waals surface area contributed by atoms with Gasteiger partial charge in [-0.1, -0.05) is 11.8 Å². The van der Waals surface area contributed by atoms with Gasteiger partial charge in [-0.25, -0.2) is 4.79 Å². The topological polar surface area (TPSA) is 100 Å². The molecule has 0 spiro atoms. The Morgan fingerprint density at radius 3 is 2.88 bits per heavy atom. The van der Waals surface area contributed by atoms with Crippen LogP contribution in [0.2, 0.25) is 0 Å². The minimum Gasteiger partial charge on any atom is -0.444 e. The predicted octanol–water partition coefficient (Wildman–Crippen LogP) is 1.11. The number of primary amides is 1. The summed E-state index contributed by atoms with van der Waals surface area (Å²) in [5.41, 5.74) is 4.93. The van der Waals surface area contributed by atoms with E-state index in [0.717, 1.165) is 0 Å². The normalized spacial score (nSPS) is 24.5. The number of ether oxygens (including phenoxy) is 2. The lowest BCUT2D eigenvalue weighted by molar-refractivity contribution is -0.0700.